The molecular weight excluding hydrogens is 150 g/mol. The van der Waals surface area contributed by atoms with Crippen molar-refractivity contribution in [2.45, 2.75) is 20.3 Å². The van der Waals surface area contributed by atoms with Crippen molar-refractivity contribution in [1.29, 1.82) is 0 Å². The number of ketones is 1. The number of hydrogen-bond donors (Lipinski definition) is 0. The maximum absolute atomic E-state index is 11.9. The molecule has 0 bridgehead atoms. The minimum absolute atomic E-state index is 0.0324. The fraction of sp³-hybridized carbons (Fsp3) is 0.875. The van der Waals surface area contributed by atoms with E-state index in [0.29, 0.717) is 0 Å². The van der Waals surface area contributed by atoms with Crippen molar-refractivity contribution in [2.75, 3.05) is 13.3 Å². The van der Waals surface area contributed by atoms with E-state index in [2.05, 4.69) is 0 Å². The van der Waals surface area contributed by atoms with Crippen LogP contribution in [0.4, 0.5) is 8.78 Å². The zero-order valence-electron chi connectivity index (χ0n) is 6.94. The molecule has 0 heterocycles. The van der Waals surface area contributed by atoms with Gasteiger partial charge in [-0.1, -0.05) is 13.8 Å². The van der Waals surface area contributed by atoms with Crippen molar-refractivity contribution in [3.8, 4) is 0 Å². The van der Waals surface area contributed by atoms with Crippen LogP contribution < -0.4 is 0 Å². The molecule has 3 heteroatoms. The highest BCUT2D eigenvalue weighted by Gasteiger charge is 2.15. The molecule has 1 nitrogen and oxygen atoms in total. The summed E-state index contributed by atoms with van der Waals surface area (Å²) in [5.74, 6) is -0.897. The predicted molar refractivity (Wildman–Crippen MR) is 39.9 cm³/mol. The van der Waals surface area contributed by atoms with Crippen LogP contribution in [-0.2, 0) is 4.79 Å². The molecule has 0 saturated carbocycles. The molecular formula is C8H14F2O. The highest BCUT2D eigenvalue weighted by molar-refractivity contribution is 5.80. The van der Waals surface area contributed by atoms with Crippen molar-refractivity contribution >= 4 is 5.78 Å². The maximum atomic E-state index is 11.9. The maximum Gasteiger partial charge on any atom is 0.135 e. The van der Waals surface area contributed by atoms with E-state index in [1.165, 1.54) is 0 Å². The Bertz CT molecular complexity index is 119. The third kappa shape index (κ3) is 4.06. The summed E-state index contributed by atoms with van der Waals surface area (Å²) in [7, 11) is 0. The highest BCUT2D eigenvalue weighted by Crippen LogP contribution is 2.09. The summed E-state index contributed by atoms with van der Waals surface area (Å²) in [5.41, 5.74) is 0. The van der Waals surface area contributed by atoms with Gasteiger partial charge in [0.2, 0.25) is 0 Å². The van der Waals surface area contributed by atoms with Crippen LogP contribution in [0.5, 0.6) is 0 Å². The molecule has 0 saturated heterocycles. The molecule has 0 unspecified atom stereocenters. The normalized spacial score (nSPS) is 11.1. The molecule has 0 aromatic heterocycles. The van der Waals surface area contributed by atoms with Gasteiger partial charge in [-0.3, -0.25) is 13.6 Å². The Morgan fingerprint density at radius 2 is 1.73 bits per heavy atom. The minimum atomic E-state index is -0.741. The van der Waals surface area contributed by atoms with Gasteiger partial charge >= 0.3 is 0 Å². The van der Waals surface area contributed by atoms with Crippen molar-refractivity contribution in [3.05, 3.63) is 0 Å². The van der Waals surface area contributed by atoms with E-state index in [-0.39, 0.29) is 18.1 Å². The molecule has 0 fully saturated rings. The summed E-state index contributed by atoms with van der Waals surface area (Å²) in [6, 6.07) is 0. The molecule has 0 radical (unpaired) electrons. The Labute approximate surface area is 65.8 Å². The molecule has 0 aliphatic carbocycles. The quantitative estimate of drug-likeness (QED) is 0.608. The molecule has 0 amide bonds. The summed E-state index contributed by atoms with van der Waals surface area (Å²) in [4.78, 5) is 10.9. The Morgan fingerprint density at radius 1 is 1.27 bits per heavy atom. The molecule has 66 valence electrons. The van der Waals surface area contributed by atoms with E-state index in [9.17, 15) is 13.6 Å². The van der Waals surface area contributed by atoms with Crippen molar-refractivity contribution in [2.24, 2.45) is 11.8 Å². The van der Waals surface area contributed by atoms with Crippen molar-refractivity contribution in [3.63, 3.8) is 0 Å². The van der Waals surface area contributed by atoms with Crippen LogP contribution in [0.2, 0.25) is 0 Å². The Balaban J connectivity index is 3.72. The van der Waals surface area contributed by atoms with Crippen LogP contribution in [0.25, 0.3) is 0 Å². The number of rotatable bonds is 5. The lowest BCUT2D eigenvalue weighted by molar-refractivity contribution is -0.123. The summed E-state index contributed by atoms with van der Waals surface area (Å²) in [6.07, 6.45) is 0.0324. The number of alkyl halides is 2. The van der Waals surface area contributed by atoms with Crippen molar-refractivity contribution in [1.82, 2.24) is 0 Å². The molecule has 0 atom stereocenters. The van der Waals surface area contributed by atoms with Gasteiger partial charge in [0.25, 0.3) is 0 Å². The zero-order valence-corrected chi connectivity index (χ0v) is 6.94. The second-order valence-corrected chi connectivity index (χ2v) is 3.00. The van der Waals surface area contributed by atoms with Gasteiger partial charge in [0.05, 0.1) is 13.3 Å². The lowest BCUT2D eigenvalue weighted by atomic mass is 9.98. The fourth-order valence-electron chi connectivity index (χ4n) is 0.671. The SMILES string of the molecule is CC(C)C(=O)CC(CF)CF. The van der Waals surface area contributed by atoms with Crippen LogP contribution in [-0.4, -0.2) is 19.1 Å². The predicted octanol–water partition coefficient (Wildman–Crippen LogP) is 2.16. The first-order chi connectivity index (χ1) is 5.11. The Morgan fingerprint density at radius 3 is 2.00 bits per heavy atom. The summed E-state index contributed by atoms with van der Waals surface area (Å²) < 4.78 is 23.8. The molecule has 0 N–H and O–H groups in total. The standard InChI is InChI=1S/C8H14F2O/c1-6(2)8(11)3-7(4-9)5-10/h6-7H,3-5H2,1-2H3. The average Bonchev–Trinajstić information content (AvgIpc) is 1.99. The van der Waals surface area contributed by atoms with E-state index in [0.717, 1.165) is 0 Å². The first-order valence-electron chi connectivity index (χ1n) is 3.76. The highest BCUT2D eigenvalue weighted by atomic mass is 19.1. The van der Waals surface area contributed by atoms with E-state index in [4.69, 9.17) is 0 Å². The second kappa shape index (κ2) is 5.22. The molecule has 0 aliphatic rings. The lowest BCUT2D eigenvalue weighted by Gasteiger charge is -2.08. The van der Waals surface area contributed by atoms with Crippen LogP contribution in [0.1, 0.15) is 20.3 Å². The van der Waals surface area contributed by atoms with Gasteiger partial charge in [0, 0.05) is 18.3 Å². The monoisotopic (exact) mass is 164 g/mol. The minimum Gasteiger partial charge on any atom is -0.299 e. The van der Waals surface area contributed by atoms with Crippen LogP contribution in [0.3, 0.4) is 0 Å². The summed E-state index contributed by atoms with van der Waals surface area (Å²) in [5, 5.41) is 0. The third-order valence-electron chi connectivity index (χ3n) is 1.57. The van der Waals surface area contributed by atoms with Gasteiger partial charge in [0.1, 0.15) is 5.78 Å². The molecule has 11 heavy (non-hydrogen) atoms. The van der Waals surface area contributed by atoms with Crippen LogP contribution in [0, 0.1) is 11.8 Å². The van der Waals surface area contributed by atoms with Gasteiger partial charge in [-0.2, -0.15) is 0 Å². The number of hydrogen-bond acceptors (Lipinski definition) is 1. The first kappa shape index (κ1) is 10.5. The van der Waals surface area contributed by atoms with E-state index in [1.807, 2.05) is 0 Å². The van der Waals surface area contributed by atoms with E-state index in [1.54, 1.807) is 13.8 Å². The van der Waals surface area contributed by atoms with Gasteiger partial charge in [-0.25, -0.2) is 0 Å². The van der Waals surface area contributed by atoms with Gasteiger partial charge < -0.3 is 0 Å². The average molecular weight is 164 g/mol. The summed E-state index contributed by atoms with van der Waals surface area (Å²) >= 11 is 0. The number of Topliss-reactive ketones (excluding diaryl/α,β-unsaturated/α-hetero) is 1. The fourth-order valence-corrected chi connectivity index (χ4v) is 0.671. The second-order valence-electron chi connectivity index (χ2n) is 3.00. The Kier molecular flexibility index (Phi) is 4.99. The lowest BCUT2D eigenvalue weighted by Crippen LogP contribution is -2.16. The van der Waals surface area contributed by atoms with Crippen LogP contribution >= 0.6 is 0 Å². The smallest absolute Gasteiger partial charge is 0.135 e. The third-order valence-corrected chi connectivity index (χ3v) is 1.57. The molecule has 0 rings (SSSR count). The molecule has 0 aliphatic heterocycles. The number of carbonyl (C=O) groups is 1. The van der Waals surface area contributed by atoms with Gasteiger partial charge in [-0.05, 0) is 0 Å². The molecule has 0 aromatic carbocycles. The number of carbonyl (C=O) groups excluding carboxylic acids is 1. The van der Waals surface area contributed by atoms with Crippen LogP contribution in [0.15, 0.2) is 0 Å². The number of halogens is 2. The first-order valence-corrected chi connectivity index (χ1v) is 3.76. The van der Waals surface area contributed by atoms with E-state index < -0.39 is 19.3 Å². The van der Waals surface area contributed by atoms with E-state index >= 15 is 0 Å². The molecule has 0 spiro atoms. The van der Waals surface area contributed by atoms with Gasteiger partial charge in [0.15, 0.2) is 0 Å². The van der Waals surface area contributed by atoms with Gasteiger partial charge in [-0.15, -0.1) is 0 Å². The van der Waals surface area contributed by atoms with Crippen molar-refractivity contribution < 1.29 is 13.6 Å². The summed E-state index contributed by atoms with van der Waals surface area (Å²) in [6.45, 7) is 1.98. The zero-order chi connectivity index (χ0) is 8.85. The molecule has 0 aromatic rings. The Hall–Kier alpha value is -0.470. The largest absolute Gasteiger partial charge is 0.299 e. The topological polar surface area (TPSA) is 17.1 Å².